The summed E-state index contributed by atoms with van der Waals surface area (Å²) in [6.07, 6.45) is 49.2. The van der Waals surface area contributed by atoms with Gasteiger partial charge in [-0.1, -0.05) is 199 Å². The van der Waals surface area contributed by atoms with Crippen LogP contribution in [0.4, 0.5) is 0 Å². The van der Waals surface area contributed by atoms with Gasteiger partial charge in [0.1, 0.15) is 12.6 Å². The third-order valence-corrected chi connectivity index (χ3v) is 9.86. The van der Waals surface area contributed by atoms with Gasteiger partial charge in [-0.3, -0.25) is 14.4 Å². The number of ether oxygens (including phenoxy) is 1. The largest absolute Gasteiger partial charge is 0.480 e. The number of carboxylic acids is 1. The summed E-state index contributed by atoms with van der Waals surface area (Å²) in [5, 5.41) is 11.1. The van der Waals surface area contributed by atoms with Crippen molar-refractivity contribution < 1.29 is 24.2 Å². The summed E-state index contributed by atoms with van der Waals surface area (Å²) in [7, 11) is 0. The van der Waals surface area contributed by atoms with Crippen molar-refractivity contribution >= 4 is 17.8 Å². The van der Waals surface area contributed by atoms with Crippen molar-refractivity contribution in [2.45, 2.75) is 238 Å². The van der Waals surface area contributed by atoms with Gasteiger partial charge in [0, 0.05) is 12.8 Å². The molecule has 6 heteroatoms. The Morgan fingerprint density at radius 2 is 0.961 bits per heavy atom. The number of allylic oxidation sites excluding steroid dienone is 3. The van der Waals surface area contributed by atoms with Crippen molar-refractivity contribution in [2.24, 2.45) is 0 Å². The fourth-order valence-electron chi connectivity index (χ4n) is 6.57. The molecule has 0 aliphatic rings. The Morgan fingerprint density at radius 1 is 0.529 bits per heavy atom. The van der Waals surface area contributed by atoms with Crippen LogP contribution in [0.1, 0.15) is 232 Å². The Labute approximate surface area is 315 Å². The second-order valence-electron chi connectivity index (χ2n) is 15.0. The van der Waals surface area contributed by atoms with E-state index in [1.807, 2.05) is 6.08 Å². The van der Waals surface area contributed by atoms with Gasteiger partial charge in [-0.2, -0.15) is 0 Å². The number of amides is 1. The van der Waals surface area contributed by atoms with E-state index < -0.39 is 5.97 Å². The first-order valence-corrected chi connectivity index (χ1v) is 22.0. The Morgan fingerprint density at radius 3 is 1.43 bits per heavy atom. The summed E-state index contributed by atoms with van der Waals surface area (Å²) in [6.45, 7) is 4.16. The second kappa shape index (κ2) is 40.7. The van der Waals surface area contributed by atoms with Crippen LogP contribution in [0.3, 0.4) is 0 Å². The summed E-state index contributed by atoms with van der Waals surface area (Å²) in [5.74, 6) is -1.34. The van der Waals surface area contributed by atoms with E-state index in [0.29, 0.717) is 12.8 Å². The molecule has 0 aliphatic carbocycles. The maximum Gasteiger partial charge on any atom is 0.322 e. The van der Waals surface area contributed by atoms with Gasteiger partial charge in [-0.05, 0) is 44.6 Å². The molecule has 0 fully saturated rings. The van der Waals surface area contributed by atoms with E-state index >= 15 is 0 Å². The van der Waals surface area contributed by atoms with E-state index in [2.05, 4.69) is 37.4 Å². The monoisotopic (exact) mass is 718 g/mol. The molecule has 1 amide bonds. The zero-order valence-electron chi connectivity index (χ0n) is 33.7. The average Bonchev–Trinajstić information content (AvgIpc) is 3.11. The summed E-state index contributed by atoms with van der Waals surface area (Å²) < 4.78 is 5.87. The number of hydrogen-bond donors (Lipinski definition) is 2. The fourth-order valence-corrected chi connectivity index (χ4v) is 6.57. The van der Waals surface area contributed by atoms with E-state index in [1.165, 1.54) is 148 Å². The highest BCUT2D eigenvalue weighted by atomic mass is 16.5. The molecule has 0 spiro atoms. The summed E-state index contributed by atoms with van der Waals surface area (Å²) in [4.78, 5) is 34.9. The van der Waals surface area contributed by atoms with Crippen LogP contribution in [0.2, 0.25) is 0 Å². The van der Waals surface area contributed by atoms with Crippen molar-refractivity contribution in [3.05, 3.63) is 24.3 Å². The maximum absolute atomic E-state index is 12.6. The molecule has 0 saturated carbocycles. The van der Waals surface area contributed by atoms with Crippen LogP contribution >= 0.6 is 0 Å². The average molecular weight is 718 g/mol. The summed E-state index contributed by atoms with van der Waals surface area (Å²) in [5.41, 5.74) is 0. The first kappa shape index (κ1) is 48.9. The quantitative estimate of drug-likeness (QED) is 0.0374. The lowest BCUT2D eigenvalue weighted by Crippen LogP contribution is -2.28. The molecule has 0 aromatic rings. The predicted molar refractivity (Wildman–Crippen MR) is 217 cm³/mol. The zero-order valence-corrected chi connectivity index (χ0v) is 33.7. The summed E-state index contributed by atoms with van der Waals surface area (Å²) in [6, 6.07) is 0. The molecule has 0 aliphatic heterocycles. The smallest absolute Gasteiger partial charge is 0.322 e. The van der Waals surface area contributed by atoms with Crippen molar-refractivity contribution in [3.63, 3.8) is 0 Å². The van der Waals surface area contributed by atoms with E-state index in [9.17, 15) is 14.4 Å². The third kappa shape index (κ3) is 40.5. The van der Waals surface area contributed by atoms with Crippen molar-refractivity contribution in [1.29, 1.82) is 0 Å². The molecule has 1 atom stereocenters. The molecule has 6 nitrogen and oxygen atoms in total. The van der Waals surface area contributed by atoms with Gasteiger partial charge in [0.15, 0.2) is 0 Å². The summed E-state index contributed by atoms with van der Waals surface area (Å²) >= 11 is 0. The molecule has 51 heavy (non-hydrogen) atoms. The number of esters is 1. The highest BCUT2D eigenvalue weighted by molar-refractivity contribution is 5.80. The Kier molecular flexibility index (Phi) is 39.0. The number of carboxylic acid groups (broad SMARTS) is 1. The molecule has 0 bridgehead atoms. The molecule has 0 radical (unpaired) electrons. The minimum atomic E-state index is -1.03. The lowest BCUT2D eigenvalue weighted by Gasteiger charge is -2.14. The highest BCUT2D eigenvalue weighted by Crippen LogP contribution is 2.17. The van der Waals surface area contributed by atoms with Crippen LogP contribution in [-0.2, 0) is 19.1 Å². The van der Waals surface area contributed by atoms with Crippen LogP contribution < -0.4 is 5.32 Å². The highest BCUT2D eigenvalue weighted by Gasteiger charge is 2.12. The van der Waals surface area contributed by atoms with E-state index in [4.69, 9.17) is 9.84 Å². The van der Waals surface area contributed by atoms with Crippen molar-refractivity contribution in [1.82, 2.24) is 5.32 Å². The molecule has 0 saturated heterocycles. The van der Waals surface area contributed by atoms with Gasteiger partial charge in [0.2, 0.25) is 5.91 Å². The standard InChI is InChI=1S/C45H83NO5/c1-3-5-7-9-11-12-13-14-15-16-17-18-19-20-21-22-23-24-25-26-28-30-36-40-45(50)51-42(37-33-29-27-10-8-6-4-2)38-34-31-32-35-39-43(47)46-41-44(48)49/h10,27,33,37,42H,3-9,11-26,28-32,34-36,38-41H2,1-2H3,(H,46,47)(H,48,49)/b27-10-,37-33-. The SMILES string of the molecule is CCCC/C=C\C/C=C\C(CCCCCCC(=O)NCC(=O)O)OC(=O)CCCCCCCCCCCCCCCCCCCCCCCCC. The Hall–Kier alpha value is -2.11. The van der Waals surface area contributed by atoms with Crippen LogP contribution in [0.25, 0.3) is 0 Å². The lowest BCUT2D eigenvalue weighted by molar-refractivity contribution is -0.147. The van der Waals surface area contributed by atoms with Crippen LogP contribution in [0.5, 0.6) is 0 Å². The Balaban J connectivity index is 3.86. The first-order chi connectivity index (χ1) is 25.0. The molecule has 0 aromatic heterocycles. The molecule has 298 valence electrons. The maximum atomic E-state index is 12.6. The van der Waals surface area contributed by atoms with Crippen molar-refractivity contribution in [3.8, 4) is 0 Å². The van der Waals surface area contributed by atoms with Gasteiger partial charge < -0.3 is 15.2 Å². The molecular weight excluding hydrogens is 634 g/mol. The zero-order chi connectivity index (χ0) is 37.3. The van der Waals surface area contributed by atoms with Gasteiger partial charge in [0.05, 0.1) is 0 Å². The van der Waals surface area contributed by atoms with Gasteiger partial charge in [0.25, 0.3) is 0 Å². The number of hydrogen-bond acceptors (Lipinski definition) is 4. The molecule has 2 N–H and O–H groups in total. The number of carbonyl (C=O) groups is 3. The number of aliphatic carboxylic acids is 1. The van der Waals surface area contributed by atoms with Gasteiger partial charge in [-0.15, -0.1) is 0 Å². The van der Waals surface area contributed by atoms with Crippen LogP contribution in [0.15, 0.2) is 24.3 Å². The van der Waals surface area contributed by atoms with E-state index in [0.717, 1.165) is 57.8 Å². The molecule has 0 aromatic carbocycles. The van der Waals surface area contributed by atoms with Gasteiger partial charge >= 0.3 is 11.9 Å². The second-order valence-corrected chi connectivity index (χ2v) is 15.0. The Bertz CT molecular complexity index is 838. The molecule has 0 rings (SSSR count). The predicted octanol–water partition coefficient (Wildman–Crippen LogP) is 13.5. The van der Waals surface area contributed by atoms with Crippen molar-refractivity contribution in [2.75, 3.05) is 6.54 Å². The fraction of sp³-hybridized carbons (Fsp3) is 0.844. The number of carbonyl (C=O) groups excluding carboxylic acids is 2. The number of nitrogens with one attached hydrogen (secondary N) is 1. The number of unbranched alkanes of at least 4 members (excludes halogenated alkanes) is 27. The first-order valence-electron chi connectivity index (χ1n) is 22.0. The lowest BCUT2D eigenvalue weighted by atomic mass is 10.0. The van der Waals surface area contributed by atoms with Crippen LogP contribution in [0, 0.1) is 0 Å². The third-order valence-electron chi connectivity index (χ3n) is 9.86. The molecular formula is C45H83NO5. The van der Waals surface area contributed by atoms with E-state index in [-0.39, 0.29) is 24.5 Å². The normalized spacial score (nSPS) is 12.2. The molecule has 1 unspecified atom stereocenters. The number of rotatable bonds is 40. The minimum Gasteiger partial charge on any atom is -0.480 e. The van der Waals surface area contributed by atoms with E-state index in [1.54, 1.807) is 0 Å². The van der Waals surface area contributed by atoms with Gasteiger partial charge in [-0.25, -0.2) is 0 Å². The minimum absolute atomic E-state index is 0.0956. The topological polar surface area (TPSA) is 92.7 Å². The van der Waals surface area contributed by atoms with Crippen LogP contribution in [-0.4, -0.2) is 35.6 Å². The molecule has 0 heterocycles.